The van der Waals surface area contributed by atoms with E-state index in [2.05, 4.69) is 20.7 Å². The number of hydrogen-bond donors (Lipinski definition) is 2. The van der Waals surface area contributed by atoms with Gasteiger partial charge in [0.25, 0.3) is 0 Å². The predicted molar refractivity (Wildman–Crippen MR) is 99.2 cm³/mol. The number of guanidine groups is 1. The highest BCUT2D eigenvalue weighted by molar-refractivity contribution is 5.79. The standard InChI is InChI=1S/C18H27N5O2/c1-4-25-16-8-7-15(13-17(16)24-3)14-21-18(19-2)20-9-5-11-23-12-6-10-22-23/h6-8,10,12-13H,4-5,9,11,14H2,1-3H3,(H2,19,20,21). The lowest BCUT2D eigenvalue weighted by atomic mass is 10.2. The topological polar surface area (TPSA) is 72.7 Å². The Morgan fingerprint density at radius 2 is 2.16 bits per heavy atom. The Kier molecular flexibility index (Phi) is 7.62. The van der Waals surface area contributed by atoms with Gasteiger partial charge in [-0.15, -0.1) is 0 Å². The summed E-state index contributed by atoms with van der Waals surface area (Å²) in [6.07, 6.45) is 4.73. The molecule has 0 aliphatic carbocycles. The molecule has 0 fully saturated rings. The Balaban J connectivity index is 1.77. The fourth-order valence-corrected chi connectivity index (χ4v) is 2.38. The van der Waals surface area contributed by atoms with E-state index in [1.54, 1.807) is 20.4 Å². The first-order chi connectivity index (χ1) is 12.3. The van der Waals surface area contributed by atoms with Gasteiger partial charge in [-0.05, 0) is 37.1 Å². The Bertz CT molecular complexity index is 655. The molecule has 0 saturated carbocycles. The largest absolute Gasteiger partial charge is 0.493 e. The molecule has 25 heavy (non-hydrogen) atoms. The lowest BCUT2D eigenvalue weighted by molar-refractivity contribution is 0.310. The molecule has 136 valence electrons. The zero-order chi connectivity index (χ0) is 17.9. The number of methoxy groups -OCH3 is 1. The summed E-state index contributed by atoms with van der Waals surface area (Å²) >= 11 is 0. The van der Waals surface area contributed by atoms with Gasteiger partial charge in [0.15, 0.2) is 17.5 Å². The van der Waals surface area contributed by atoms with Gasteiger partial charge in [-0.3, -0.25) is 9.67 Å². The summed E-state index contributed by atoms with van der Waals surface area (Å²) in [5.41, 5.74) is 1.10. The molecular formula is C18H27N5O2. The number of aromatic nitrogens is 2. The second-order valence-electron chi connectivity index (χ2n) is 5.39. The average Bonchev–Trinajstić information content (AvgIpc) is 3.15. The van der Waals surface area contributed by atoms with E-state index < -0.39 is 0 Å². The molecule has 7 nitrogen and oxygen atoms in total. The van der Waals surface area contributed by atoms with Crippen LogP contribution >= 0.6 is 0 Å². The molecule has 0 atom stereocenters. The highest BCUT2D eigenvalue weighted by atomic mass is 16.5. The minimum atomic E-state index is 0.614. The van der Waals surface area contributed by atoms with Crippen LogP contribution in [0.1, 0.15) is 18.9 Å². The van der Waals surface area contributed by atoms with Crippen molar-refractivity contribution in [1.29, 1.82) is 0 Å². The van der Waals surface area contributed by atoms with E-state index in [0.717, 1.165) is 42.5 Å². The van der Waals surface area contributed by atoms with E-state index in [9.17, 15) is 0 Å². The Morgan fingerprint density at radius 3 is 2.84 bits per heavy atom. The van der Waals surface area contributed by atoms with Crippen LogP contribution in [0.25, 0.3) is 0 Å². The van der Waals surface area contributed by atoms with Crippen LogP contribution in [0.3, 0.4) is 0 Å². The number of rotatable bonds is 9. The minimum Gasteiger partial charge on any atom is -0.493 e. The van der Waals surface area contributed by atoms with Gasteiger partial charge in [0, 0.05) is 39.1 Å². The highest BCUT2D eigenvalue weighted by Gasteiger charge is 2.06. The molecule has 1 aromatic heterocycles. The summed E-state index contributed by atoms with van der Waals surface area (Å²) in [6.45, 7) is 4.93. The second-order valence-corrected chi connectivity index (χ2v) is 5.39. The van der Waals surface area contributed by atoms with Crippen molar-refractivity contribution in [2.75, 3.05) is 27.3 Å². The van der Waals surface area contributed by atoms with Crippen LogP contribution in [0.2, 0.25) is 0 Å². The highest BCUT2D eigenvalue weighted by Crippen LogP contribution is 2.27. The summed E-state index contributed by atoms with van der Waals surface area (Å²) < 4.78 is 12.8. The molecule has 0 saturated heterocycles. The van der Waals surface area contributed by atoms with Crippen molar-refractivity contribution in [3.05, 3.63) is 42.2 Å². The quantitative estimate of drug-likeness (QED) is 0.413. The Labute approximate surface area is 149 Å². The van der Waals surface area contributed by atoms with Crippen molar-refractivity contribution in [3.8, 4) is 11.5 Å². The van der Waals surface area contributed by atoms with Crippen molar-refractivity contribution >= 4 is 5.96 Å². The van der Waals surface area contributed by atoms with E-state index in [-0.39, 0.29) is 0 Å². The van der Waals surface area contributed by atoms with Gasteiger partial charge < -0.3 is 20.1 Å². The Morgan fingerprint density at radius 1 is 1.28 bits per heavy atom. The molecular weight excluding hydrogens is 318 g/mol. The lowest BCUT2D eigenvalue weighted by Crippen LogP contribution is -2.37. The molecule has 2 aromatic rings. The van der Waals surface area contributed by atoms with E-state index >= 15 is 0 Å². The zero-order valence-electron chi connectivity index (χ0n) is 15.2. The van der Waals surface area contributed by atoms with Gasteiger partial charge in [-0.1, -0.05) is 6.07 Å². The summed E-state index contributed by atoms with van der Waals surface area (Å²) in [6, 6.07) is 7.85. The fraction of sp³-hybridized carbons (Fsp3) is 0.444. The SMILES string of the molecule is CCOc1ccc(CNC(=NC)NCCCn2cccn2)cc1OC. The first-order valence-electron chi connectivity index (χ1n) is 8.48. The van der Waals surface area contributed by atoms with Gasteiger partial charge in [-0.2, -0.15) is 5.10 Å². The van der Waals surface area contributed by atoms with E-state index in [1.807, 2.05) is 42.1 Å². The molecule has 0 amide bonds. The molecule has 2 N–H and O–H groups in total. The molecule has 0 aliphatic heterocycles. The van der Waals surface area contributed by atoms with Crippen LogP contribution in [-0.2, 0) is 13.1 Å². The fourth-order valence-electron chi connectivity index (χ4n) is 2.38. The van der Waals surface area contributed by atoms with Gasteiger partial charge in [0.1, 0.15) is 0 Å². The van der Waals surface area contributed by atoms with Crippen LogP contribution < -0.4 is 20.1 Å². The molecule has 0 radical (unpaired) electrons. The van der Waals surface area contributed by atoms with Gasteiger partial charge in [0.2, 0.25) is 0 Å². The number of ether oxygens (including phenoxy) is 2. The maximum Gasteiger partial charge on any atom is 0.191 e. The molecule has 0 aliphatic rings. The Hall–Kier alpha value is -2.70. The van der Waals surface area contributed by atoms with Crippen LogP contribution in [0.4, 0.5) is 0 Å². The third-order valence-electron chi connectivity index (χ3n) is 3.63. The third kappa shape index (κ3) is 6.02. The smallest absolute Gasteiger partial charge is 0.191 e. The molecule has 1 heterocycles. The average molecular weight is 345 g/mol. The first-order valence-corrected chi connectivity index (χ1v) is 8.48. The van der Waals surface area contributed by atoms with E-state index in [0.29, 0.717) is 13.2 Å². The molecule has 0 unspecified atom stereocenters. The van der Waals surface area contributed by atoms with Gasteiger partial charge in [-0.25, -0.2) is 0 Å². The monoisotopic (exact) mass is 345 g/mol. The number of nitrogens with one attached hydrogen (secondary N) is 2. The van der Waals surface area contributed by atoms with E-state index in [4.69, 9.17) is 9.47 Å². The summed E-state index contributed by atoms with van der Waals surface area (Å²) in [5, 5.41) is 10.8. The number of hydrogen-bond acceptors (Lipinski definition) is 4. The van der Waals surface area contributed by atoms with Crippen LogP contribution in [0.5, 0.6) is 11.5 Å². The van der Waals surface area contributed by atoms with Crippen molar-refractivity contribution < 1.29 is 9.47 Å². The van der Waals surface area contributed by atoms with Crippen molar-refractivity contribution in [3.63, 3.8) is 0 Å². The molecule has 0 bridgehead atoms. The lowest BCUT2D eigenvalue weighted by Gasteiger charge is -2.14. The van der Waals surface area contributed by atoms with Crippen molar-refractivity contribution in [1.82, 2.24) is 20.4 Å². The summed E-state index contributed by atoms with van der Waals surface area (Å²) in [5.74, 6) is 2.27. The number of aliphatic imine (C=N–C) groups is 1. The molecule has 0 spiro atoms. The van der Waals surface area contributed by atoms with Gasteiger partial charge in [0.05, 0.1) is 13.7 Å². The van der Waals surface area contributed by atoms with E-state index in [1.165, 1.54) is 0 Å². The van der Waals surface area contributed by atoms with Crippen molar-refractivity contribution in [2.45, 2.75) is 26.4 Å². The number of aryl methyl sites for hydroxylation is 1. The summed E-state index contributed by atoms with van der Waals surface area (Å²) in [7, 11) is 3.41. The minimum absolute atomic E-state index is 0.614. The third-order valence-corrected chi connectivity index (χ3v) is 3.63. The maximum atomic E-state index is 5.54. The number of nitrogens with zero attached hydrogens (tertiary/aromatic N) is 3. The molecule has 2 rings (SSSR count). The van der Waals surface area contributed by atoms with Gasteiger partial charge >= 0.3 is 0 Å². The zero-order valence-corrected chi connectivity index (χ0v) is 15.2. The predicted octanol–water partition coefficient (Wildman–Crippen LogP) is 2.05. The first kappa shape index (κ1) is 18.6. The second kappa shape index (κ2) is 10.2. The maximum absolute atomic E-state index is 5.54. The van der Waals surface area contributed by atoms with Crippen LogP contribution in [0, 0.1) is 0 Å². The number of benzene rings is 1. The normalized spacial score (nSPS) is 11.2. The summed E-state index contributed by atoms with van der Waals surface area (Å²) in [4.78, 5) is 4.24. The molecule has 1 aromatic carbocycles. The van der Waals surface area contributed by atoms with Crippen LogP contribution in [0.15, 0.2) is 41.7 Å². The van der Waals surface area contributed by atoms with Crippen molar-refractivity contribution in [2.24, 2.45) is 4.99 Å². The van der Waals surface area contributed by atoms with Crippen LogP contribution in [-0.4, -0.2) is 43.0 Å². The molecule has 7 heteroatoms.